The normalized spacial score (nSPS) is 17.7. The highest BCUT2D eigenvalue weighted by molar-refractivity contribution is 5.92. The molecular formula is C19H27N5O2. The van der Waals surface area contributed by atoms with Crippen molar-refractivity contribution in [3.63, 3.8) is 0 Å². The average Bonchev–Trinajstić information content (AvgIpc) is 3.27. The third kappa shape index (κ3) is 3.71. The van der Waals surface area contributed by atoms with Crippen molar-refractivity contribution in [1.82, 2.24) is 24.6 Å². The molecule has 0 bridgehead atoms. The molecule has 1 saturated heterocycles. The number of rotatable bonds is 6. The second kappa shape index (κ2) is 7.43. The van der Waals surface area contributed by atoms with Crippen LogP contribution in [0.25, 0.3) is 5.78 Å². The van der Waals surface area contributed by atoms with Gasteiger partial charge in [0.25, 0.3) is 5.91 Å². The van der Waals surface area contributed by atoms with Crippen molar-refractivity contribution in [2.75, 3.05) is 13.1 Å². The van der Waals surface area contributed by atoms with Gasteiger partial charge in [0.05, 0.1) is 0 Å². The summed E-state index contributed by atoms with van der Waals surface area (Å²) in [5, 5.41) is 2.99. The fourth-order valence-electron chi connectivity index (χ4n) is 3.69. The van der Waals surface area contributed by atoms with E-state index in [2.05, 4.69) is 29.1 Å². The van der Waals surface area contributed by atoms with Crippen LogP contribution in [0.3, 0.4) is 0 Å². The largest absolute Gasteiger partial charge is 0.350 e. The summed E-state index contributed by atoms with van der Waals surface area (Å²) in [4.78, 5) is 35.3. The van der Waals surface area contributed by atoms with Crippen LogP contribution in [0.5, 0.6) is 0 Å². The zero-order chi connectivity index (χ0) is 18.7. The third-order valence-corrected chi connectivity index (χ3v) is 5.11. The third-order valence-electron chi connectivity index (χ3n) is 5.11. The SMILES string of the molecule is CCCC(=O)N1CCCC1C(C)(C)CNC(=O)c1cn2cccnc2n1. The smallest absolute Gasteiger partial charge is 0.271 e. The zero-order valence-corrected chi connectivity index (χ0v) is 15.7. The number of hydrogen-bond acceptors (Lipinski definition) is 4. The van der Waals surface area contributed by atoms with Gasteiger partial charge in [-0.25, -0.2) is 9.97 Å². The Kier molecular flexibility index (Phi) is 5.25. The molecule has 7 heteroatoms. The van der Waals surface area contributed by atoms with Crippen LogP contribution in [-0.4, -0.2) is 50.2 Å². The van der Waals surface area contributed by atoms with Crippen molar-refractivity contribution in [3.05, 3.63) is 30.4 Å². The fraction of sp³-hybridized carbons (Fsp3) is 0.579. The summed E-state index contributed by atoms with van der Waals surface area (Å²) >= 11 is 0. The first kappa shape index (κ1) is 18.4. The second-order valence-corrected chi connectivity index (χ2v) is 7.62. The maximum atomic E-state index is 12.5. The van der Waals surface area contributed by atoms with Gasteiger partial charge in [0, 0.05) is 49.6 Å². The Morgan fingerprint density at radius 2 is 2.19 bits per heavy atom. The van der Waals surface area contributed by atoms with Crippen LogP contribution in [0, 0.1) is 5.41 Å². The van der Waals surface area contributed by atoms with Gasteiger partial charge in [-0.1, -0.05) is 20.8 Å². The quantitative estimate of drug-likeness (QED) is 0.860. The van der Waals surface area contributed by atoms with E-state index in [9.17, 15) is 9.59 Å². The molecule has 1 aliphatic heterocycles. The summed E-state index contributed by atoms with van der Waals surface area (Å²) in [6, 6.07) is 1.95. The number of imidazole rings is 1. The number of aromatic nitrogens is 3. The number of carbonyl (C=O) groups excluding carboxylic acids is 2. The summed E-state index contributed by atoms with van der Waals surface area (Å²) in [5.74, 6) is 0.512. The van der Waals surface area contributed by atoms with E-state index in [4.69, 9.17) is 0 Å². The number of carbonyl (C=O) groups is 2. The summed E-state index contributed by atoms with van der Waals surface area (Å²) < 4.78 is 1.72. The summed E-state index contributed by atoms with van der Waals surface area (Å²) in [7, 11) is 0. The Hall–Kier alpha value is -2.44. The molecule has 1 fully saturated rings. The van der Waals surface area contributed by atoms with Crippen LogP contribution in [0.2, 0.25) is 0 Å². The van der Waals surface area contributed by atoms with Gasteiger partial charge in [-0.05, 0) is 25.3 Å². The minimum atomic E-state index is -0.215. The van der Waals surface area contributed by atoms with Gasteiger partial charge in [-0.3, -0.25) is 14.0 Å². The lowest BCUT2D eigenvalue weighted by atomic mass is 9.82. The van der Waals surface area contributed by atoms with Crippen LogP contribution in [0.15, 0.2) is 24.7 Å². The van der Waals surface area contributed by atoms with Gasteiger partial charge in [-0.15, -0.1) is 0 Å². The van der Waals surface area contributed by atoms with E-state index in [-0.39, 0.29) is 23.3 Å². The monoisotopic (exact) mass is 357 g/mol. The standard InChI is InChI=1S/C19H27N5O2/c1-4-7-16(25)24-11-5-8-15(24)19(2,3)13-21-17(26)14-12-23-10-6-9-20-18(23)22-14/h6,9-10,12,15H,4-5,7-8,11,13H2,1-3H3,(H,21,26). The van der Waals surface area contributed by atoms with E-state index in [1.165, 1.54) is 0 Å². The van der Waals surface area contributed by atoms with Gasteiger partial charge in [0.1, 0.15) is 5.69 Å². The molecule has 26 heavy (non-hydrogen) atoms. The lowest BCUT2D eigenvalue weighted by Gasteiger charge is -2.38. The van der Waals surface area contributed by atoms with Gasteiger partial charge >= 0.3 is 0 Å². The number of hydrogen-bond donors (Lipinski definition) is 1. The minimum Gasteiger partial charge on any atom is -0.350 e. The highest BCUT2D eigenvalue weighted by Crippen LogP contribution is 2.33. The van der Waals surface area contributed by atoms with E-state index in [1.807, 2.05) is 18.0 Å². The van der Waals surface area contributed by atoms with Crippen LogP contribution >= 0.6 is 0 Å². The number of nitrogens with one attached hydrogen (secondary N) is 1. The molecule has 0 spiro atoms. The van der Waals surface area contributed by atoms with Crippen LogP contribution < -0.4 is 5.32 Å². The van der Waals surface area contributed by atoms with E-state index >= 15 is 0 Å². The first-order valence-electron chi connectivity index (χ1n) is 9.30. The summed E-state index contributed by atoms with van der Waals surface area (Å²) in [6.07, 6.45) is 8.60. The highest BCUT2D eigenvalue weighted by atomic mass is 16.2. The molecule has 3 heterocycles. The lowest BCUT2D eigenvalue weighted by Crippen LogP contribution is -2.49. The summed E-state index contributed by atoms with van der Waals surface area (Å²) in [6.45, 7) is 7.56. The van der Waals surface area contributed by atoms with Crippen molar-refractivity contribution >= 4 is 17.6 Å². The van der Waals surface area contributed by atoms with E-state index in [0.717, 1.165) is 25.8 Å². The maximum Gasteiger partial charge on any atom is 0.271 e. The molecule has 0 aliphatic carbocycles. The molecule has 0 aromatic carbocycles. The molecule has 0 radical (unpaired) electrons. The Labute approximate surface area is 153 Å². The minimum absolute atomic E-state index is 0.157. The molecule has 7 nitrogen and oxygen atoms in total. The van der Waals surface area contributed by atoms with Crippen molar-refractivity contribution in [3.8, 4) is 0 Å². The molecule has 2 amide bonds. The predicted octanol–water partition coefficient (Wildman–Crippen LogP) is 2.28. The Morgan fingerprint density at radius 3 is 2.92 bits per heavy atom. The molecule has 3 rings (SSSR count). The molecule has 2 aromatic rings. The molecule has 1 N–H and O–H groups in total. The first-order valence-corrected chi connectivity index (χ1v) is 9.30. The van der Waals surface area contributed by atoms with Crippen molar-refractivity contribution in [2.24, 2.45) is 5.41 Å². The molecule has 0 saturated carbocycles. The van der Waals surface area contributed by atoms with E-state index < -0.39 is 0 Å². The molecule has 2 aromatic heterocycles. The maximum absolute atomic E-state index is 12.5. The Morgan fingerprint density at radius 1 is 1.38 bits per heavy atom. The van der Waals surface area contributed by atoms with Gasteiger partial charge < -0.3 is 10.2 Å². The number of likely N-dealkylation sites (tertiary alicyclic amines) is 1. The fourth-order valence-corrected chi connectivity index (χ4v) is 3.69. The Bertz CT molecular complexity index is 765. The zero-order valence-electron chi connectivity index (χ0n) is 15.7. The van der Waals surface area contributed by atoms with Crippen molar-refractivity contribution in [1.29, 1.82) is 0 Å². The average molecular weight is 357 g/mol. The van der Waals surface area contributed by atoms with Crippen molar-refractivity contribution in [2.45, 2.75) is 52.5 Å². The number of nitrogens with zero attached hydrogens (tertiary/aromatic N) is 4. The Balaban J connectivity index is 1.65. The first-order chi connectivity index (χ1) is 12.4. The van der Waals surface area contributed by atoms with Gasteiger partial charge in [-0.2, -0.15) is 0 Å². The summed E-state index contributed by atoms with van der Waals surface area (Å²) in [5.41, 5.74) is 0.150. The van der Waals surface area contributed by atoms with Gasteiger partial charge in [0.2, 0.25) is 11.7 Å². The van der Waals surface area contributed by atoms with E-state index in [1.54, 1.807) is 22.9 Å². The van der Waals surface area contributed by atoms with Crippen LogP contribution in [-0.2, 0) is 4.79 Å². The highest BCUT2D eigenvalue weighted by Gasteiger charge is 2.39. The van der Waals surface area contributed by atoms with Crippen LogP contribution in [0.1, 0.15) is 56.9 Å². The number of amides is 2. The van der Waals surface area contributed by atoms with Gasteiger partial charge in [0.15, 0.2) is 0 Å². The van der Waals surface area contributed by atoms with Crippen molar-refractivity contribution < 1.29 is 9.59 Å². The predicted molar refractivity (Wildman–Crippen MR) is 98.7 cm³/mol. The number of fused-ring (bicyclic) bond motifs is 1. The second-order valence-electron chi connectivity index (χ2n) is 7.62. The topological polar surface area (TPSA) is 79.6 Å². The van der Waals surface area contributed by atoms with E-state index in [0.29, 0.717) is 24.4 Å². The lowest BCUT2D eigenvalue weighted by molar-refractivity contribution is -0.134. The molecular weight excluding hydrogens is 330 g/mol. The molecule has 140 valence electrons. The molecule has 1 aliphatic rings. The molecule has 1 unspecified atom stereocenters. The van der Waals surface area contributed by atoms with Crippen LogP contribution in [0.4, 0.5) is 0 Å². The molecule has 1 atom stereocenters.